The first kappa shape index (κ1) is 13.7. The topological polar surface area (TPSA) is 23.8 Å². The molecule has 0 heterocycles. The molecule has 0 aliphatic heterocycles. The number of benzene rings is 2. The van der Waals surface area contributed by atoms with Gasteiger partial charge in [0.15, 0.2) is 0 Å². The molecule has 0 saturated heterocycles. The van der Waals surface area contributed by atoms with Crippen LogP contribution in [0.4, 0.5) is 0 Å². The largest absolute Gasteiger partial charge is 0.198 e. The summed E-state index contributed by atoms with van der Waals surface area (Å²) >= 11 is 1.77. The van der Waals surface area contributed by atoms with E-state index >= 15 is 0 Å². The van der Waals surface area contributed by atoms with Gasteiger partial charge >= 0.3 is 0 Å². The molecule has 0 saturated carbocycles. The lowest BCUT2D eigenvalue weighted by molar-refractivity contribution is 0.995. The number of nitriles is 1. The zero-order chi connectivity index (χ0) is 13.7. The second-order valence-electron chi connectivity index (χ2n) is 4.67. The van der Waals surface area contributed by atoms with E-state index in [9.17, 15) is 5.26 Å². The molecule has 2 heteroatoms. The molecule has 0 amide bonds. The van der Waals surface area contributed by atoms with E-state index in [0.29, 0.717) is 0 Å². The van der Waals surface area contributed by atoms with Crippen molar-refractivity contribution in [3.63, 3.8) is 0 Å². The van der Waals surface area contributed by atoms with Gasteiger partial charge in [-0.05, 0) is 31.0 Å². The van der Waals surface area contributed by atoms with Gasteiger partial charge in [-0.3, -0.25) is 0 Å². The van der Waals surface area contributed by atoms with Crippen molar-refractivity contribution in [1.29, 1.82) is 5.26 Å². The lowest BCUT2D eigenvalue weighted by atomic mass is 10.0. The van der Waals surface area contributed by atoms with Gasteiger partial charge in [-0.25, -0.2) is 0 Å². The number of hydrogen-bond donors (Lipinski definition) is 0. The highest BCUT2D eigenvalue weighted by Gasteiger charge is 2.11. The SMILES string of the molecule is Cc1ccc(C)c(SCC(C#N)c2ccccc2)c1. The molecule has 1 nitrogen and oxygen atoms in total. The zero-order valence-corrected chi connectivity index (χ0v) is 12.1. The monoisotopic (exact) mass is 267 g/mol. The third-order valence-electron chi connectivity index (χ3n) is 3.11. The van der Waals surface area contributed by atoms with Crippen molar-refractivity contribution in [2.45, 2.75) is 24.7 Å². The van der Waals surface area contributed by atoms with Gasteiger partial charge in [-0.1, -0.05) is 48.0 Å². The van der Waals surface area contributed by atoms with Crippen LogP contribution in [0.2, 0.25) is 0 Å². The lowest BCUT2D eigenvalue weighted by Crippen LogP contribution is -1.99. The second-order valence-corrected chi connectivity index (χ2v) is 5.73. The first-order valence-electron chi connectivity index (χ1n) is 6.35. The molecule has 0 radical (unpaired) electrons. The second kappa shape index (κ2) is 6.45. The van der Waals surface area contributed by atoms with Crippen molar-refractivity contribution in [3.05, 3.63) is 65.2 Å². The molecule has 0 aliphatic rings. The molecule has 0 spiro atoms. The van der Waals surface area contributed by atoms with Crippen LogP contribution in [-0.2, 0) is 0 Å². The van der Waals surface area contributed by atoms with Crippen LogP contribution in [0, 0.1) is 25.2 Å². The third-order valence-corrected chi connectivity index (χ3v) is 4.36. The summed E-state index contributed by atoms with van der Waals surface area (Å²) in [6.45, 7) is 4.22. The number of aryl methyl sites for hydroxylation is 2. The molecule has 2 aromatic carbocycles. The minimum atomic E-state index is -0.0499. The fourth-order valence-corrected chi connectivity index (χ4v) is 3.11. The van der Waals surface area contributed by atoms with Crippen molar-refractivity contribution in [3.8, 4) is 6.07 Å². The van der Waals surface area contributed by atoms with Crippen LogP contribution >= 0.6 is 11.8 Å². The maximum absolute atomic E-state index is 9.32. The summed E-state index contributed by atoms with van der Waals surface area (Å²) in [5.41, 5.74) is 3.64. The molecule has 1 atom stereocenters. The first-order chi connectivity index (χ1) is 9.20. The molecule has 0 aliphatic carbocycles. The van der Waals surface area contributed by atoms with E-state index in [4.69, 9.17) is 0 Å². The first-order valence-corrected chi connectivity index (χ1v) is 7.34. The molecule has 96 valence electrons. The van der Waals surface area contributed by atoms with Gasteiger partial charge in [0.1, 0.15) is 0 Å². The van der Waals surface area contributed by atoms with E-state index in [1.807, 2.05) is 30.3 Å². The predicted molar refractivity (Wildman–Crippen MR) is 81.4 cm³/mol. The van der Waals surface area contributed by atoms with Gasteiger partial charge in [0.25, 0.3) is 0 Å². The van der Waals surface area contributed by atoms with Crippen molar-refractivity contribution >= 4 is 11.8 Å². The summed E-state index contributed by atoms with van der Waals surface area (Å²) in [5.74, 6) is 0.747. The molecule has 0 aromatic heterocycles. The van der Waals surface area contributed by atoms with E-state index in [2.05, 4.69) is 38.1 Å². The number of thioether (sulfide) groups is 1. The Morgan fingerprint density at radius 1 is 1.11 bits per heavy atom. The molecule has 19 heavy (non-hydrogen) atoms. The smallest absolute Gasteiger partial charge is 0.0806 e. The fraction of sp³-hybridized carbons (Fsp3) is 0.235. The summed E-state index contributed by atoms with van der Waals surface area (Å²) in [6.07, 6.45) is 0. The van der Waals surface area contributed by atoms with Gasteiger partial charge < -0.3 is 0 Å². The van der Waals surface area contributed by atoms with Crippen molar-refractivity contribution in [1.82, 2.24) is 0 Å². The molecular formula is C17H17NS. The van der Waals surface area contributed by atoms with Gasteiger partial charge in [0, 0.05) is 10.6 Å². The van der Waals surface area contributed by atoms with E-state index in [1.165, 1.54) is 16.0 Å². The molecule has 0 fully saturated rings. The number of nitrogens with zero attached hydrogens (tertiary/aromatic N) is 1. The normalized spacial score (nSPS) is 11.8. The van der Waals surface area contributed by atoms with Crippen molar-refractivity contribution in [2.24, 2.45) is 0 Å². The molecule has 2 rings (SSSR count). The Labute approximate surface area is 119 Å². The highest BCUT2D eigenvalue weighted by Crippen LogP contribution is 2.28. The van der Waals surface area contributed by atoms with E-state index in [1.54, 1.807) is 11.8 Å². The highest BCUT2D eigenvalue weighted by atomic mass is 32.2. The Morgan fingerprint density at radius 2 is 1.84 bits per heavy atom. The Hall–Kier alpha value is -1.72. The van der Waals surface area contributed by atoms with E-state index < -0.39 is 0 Å². The Morgan fingerprint density at radius 3 is 2.53 bits per heavy atom. The van der Waals surface area contributed by atoms with Gasteiger partial charge in [-0.15, -0.1) is 11.8 Å². The van der Waals surface area contributed by atoms with E-state index in [-0.39, 0.29) is 5.92 Å². The van der Waals surface area contributed by atoms with Gasteiger partial charge in [0.05, 0.1) is 12.0 Å². The Balaban J connectivity index is 2.09. The predicted octanol–water partition coefficient (Wildman–Crippen LogP) is 4.70. The lowest BCUT2D eigenvalue weighted by Gasteiger charge is -2.11. The fourth-order valence-electron chi connectivity index (χ4n) is 1.93. The van der Waals surface area contributed by atoms with Gasteiger partial charge in [-0.2, -0.15) is 5.26 Å². The highest BCUT2D eigenvalue weighted by molar-refractivity contribution is 7.99. The zero-order valence-electron chi connectivity index (χ0n) is 11.3. The maximum atomic E-state index is 9.32. The molecule has 1 unspecified atom stereocenters. The average molecular weight is 267 g/mol. The van der Waals surface area contributed by atoms with Crippen LogP contribution in [0.1, 0.15) is 22.6 Å². The van der Waals surface area contributed by atoms with Crippen molar-refractivity contribution < 1.29 is 0 Å². The standard InChI is InChI=1S/C17H17NS/c1-13-8-9-14(2)17(10-13)19-12-16(11-18)15-6-4-3-5-7-15/h3-10,16H,12H2,1-2H3. The van der Waals surface area contributed by atoms with Crippen LogP contribution in [0.25, 0.3) is 0 Å². The molecule has 0 bridgehead atoms. The van der Waals surface area contributed by atoms with Crippen LogP contribution < -0.4 is 0 Å². The van der Waals surface area contributed by atoms with E-state index in [0.717, 1.165) is 11.3 Å². The van der Waals surface area contributed by atoms with Crippen molar-refractivity contribution in [2.75, 3.05) is 5.75 Å². The summed E-state index contributed by atoms with van der Waals surface area (Å²) in [5, 5.41) is 9.32. The summed E-state index contributed by atoms with van der Waals surface area (Å²) < 4.78 is 0. The number of hydrogen-bond acceptors (Lipinski definition) is 2. The maximum Gasteiger partial charge on any atom is 0.0806 e. The number of rotatable bonds is 4. The third kappa shape index (κ3) is 3.62. The Kier molecular flexibility index (Phi) is 4.65. The van der Waals surface area contributed by atoms with Crippen LogP contribution in [0.3, 0.4) is 0 Å². The molecule has 2 aromatic rings. The van der Waals surface area contributed by atoms with Crippen LogP contribution in [-0.4, -0.2) is 5.75 Å². The average Bonchev–Trinajstić information content (AvgIpc) is 2.44. The molecule has 0 N–H and O–H groups in total. The quantitative estimate of drug-likeness (QED) is 0.749. The summed E-state index contributed by atoms with van der Waals surface area (Å²) in [7, 11) is 0. The van der Waals surface area contributed by atoms with Gasteiger partial charge in [0.2, 0.25) is 0 Å². The minimum Gasteiger partial charge on any atom is -0.198 e. The van der Waals surface area contributed by atoms with Crippen LogP contribution in [0.5, 0.6) is 0 Å². The van der Waals surface area contributed by atoms with Crippen LogP contribution in [0.15, 0.2) is 53.4 Å². The molecular weight excluding hydrogens is 250 g/mol. The minimum absolute atomic E-state index is 0.0499. The summed E-state index contributed by atoms with van der Waals surface area (Å²) in [6, 6.07) is 18.9. The Bertz CT molecular complexity index is 584. The summed E-state index contributed by atoms with van der Waals surface area (Å²) in [4.78, 5) is 1.27.